The molecule has 3 aromatic carbocycles. The van der Waals surface area contributed by atoms with E-state index in [4.69, 9.17) is 0 Å². The zero-order chi connectivity index (χ0) is 19.7. The van der Waals surface area contributed by atoms with Gasteiger partial charge in [-0.2, -0.15) is 0 Å². The number of aryl methyl sites for hydroxylation is 1. The van der Waals surface area contributed by atoms with E-state index < -0.39 is 5.60 Å². The summed E-state index contributed by atoms with van der Waals surface area (Å²) in [6.45, 7) is 2.24. The number of unbranched alkanes of at least 4 members (excludes halogenated alkanes) is 3. The second-order valence-corrected chi connectivity index (χ2v) is 9.43. The van der Waals surface area contributed by atoms with Crippen molar-refractivity contribution in [3.63, 3.8) is 0 Å². The molecule has 0 saturated carbocycles. The molecule has 1 nitrogen and oxygen atoms in total. The molecule has 3 aromatic rings. The Balaban J connectivity index is 1.81. The summed E-state index contributed by atoms with van der Waals surface area (Å²) < 4.78 is 1.96. The third kappa shape index (κ3) is 3.49. The quantitative estimate of drug-likeness (QED) is 0.346. The highest BCUT2D eigenvalue weighted by Gasteiger charge is 2.43. The third-order valence-electron chi connectivity index (χ3n) is 5.70. The van der Waals surface area contributed by atoms with Crippen LogP contribution in [-0.2, 0) is 12.0 Å². The van der Waals surface area contributed by atoms with Gasteiger partial charge in [0.05, 0.1) is 0 Å². The molecule has 0 unspecified atom stereocenters. The van der Waals surface area contributed by atoms with E-state index in [2.05, 4.69) is 87.3 Å². The second kappa shape index (κ2) is 8.14. The Morgan fingerprint density at radius 3 is 2.04 bits per heavy atom. The number of aliphatic hydroxyl groups is 1. The van der Waals surface area contributed by atoms with Crippen LogP contribution in [0.15, 0.2) is 69.6 Å². The lowest BCUT2D eigenvalue weighted by molar-refractivity contribution is 0.130. The van der Waals surface area contributed by atoms with E-state index >= 15 is 0 Å². The Labute approximate surface area is 184 Å². The van der Waals surface area contributed by atoms with Gasteiger partial charge in [0.1, 0.15) is 5.60 Å². The molecule has 1 aliphatic rings. The standard InChI is InChI=1S/C25H24Br2O/c1-2-3-4-5-7-17-8-6-9-18(14-17)25(28)23-15-19(26)10-12-21(23)22-13-11-20(27)16-24(22)25/h6,8-16,28H,2-5,7H2,1H3. The summed E-state index contributed by atoms with van der Waals surface area (Å²) in [4.78, 5) is 0. The van der Waals surface area contributed by atoms with Gasteiger partial charge in [-0.25, -0.2) is 0 Å². The SMILES string of the molecule is CCCCCCc1cccc(C2(O)c3cc(Br)ccc3-c3ccc(Br)cc32)c1. The Morgan fingerprint density at radius 1 is 0.786 bits per heavy atom. The third-order valence-corrected chi connectivity index (χ3v) is 6.68. The van der Waals surface area contributed by atoms with Gasteiger partial charge in [0.25, 0.3) is 0 Å². The van der Waals surface area contributed by atoms with Crippen LogP contribution < -0.4 is 0 Å². The molecule has 0 aliphatic heterocycles. The van der Waals surface area contributed by atoms with Crippen LogP contribution in [0.4, 0.5) is 0 Å². The lowest BCUT2D eigenvalue weighted by atomic mass is 9.83. The van der Waals surface area contributed by atoms with Crippen molar-refractivity contribution < 1.29 is 5.11 Å². The van der Waals surface area contributed by atoms with Gasteiger partial charge in [-0.15, -0.1) is 0 Å². The molecular weight excluding hydrogens is 476 g/mol. The van der Waals surface area contributed by atoms with Crippen LogP contribution in [0.2, 0.25) is 0 Å². The molecular formula is C25H24Br2O. The first kappa shape index (κ1) is 19.9. The van der Waals surface area contributed by atoms with Gasteiger partial charge in [0, 0.05) is 20.1 Å². The number of fused-ring (bicyclic) bond motifs is 3. The monoisotopic (exact) mass is 498 g/mol. The van der Waals surface area contributed by atoms with E-state index in [9.17, 15) is 5.11 Å². The first-order valence-corrected chi connectivity index (χ1v) is 11.5. The topological polar surface area (TPSA) is 20.2 Å². The number of halogens is 2. The van der Waals surface area contributed by atoms with Gasteiger partial charge < -0.3 is 5.11 Å². The van der Waals surface area contributed by atoms with E-state index in [1.807, 2.05) is 12.1 Å². The zero-order valence-electron chi connectivity index (χ0n) is 16.0. The van der Waals surface area contributed by atoms with Crippen LogP contribution in [0.5, 0.6) is 0 Å². The fourth-order valence-electron chi connectivity index (χ4n) is 4.27. The Hall–Kier alpha value is -1.42. The maximum absolute atomic E-state index is 12.1. The lowest BCUT2D eigenvalue weighted by Gasteiger charge is -2.27. The molecule has 3 heteroatoms. The van der Waals surface area contributed by atoms with Crippen molar-refractivity contribution in [2.75, 3.05) is 0 Å². The summed E-state index contributed by atoms with van der Waals surface area (Å²) in [6.07, 6.45) is 6.04. The highest BCUT2D eigenvalue weighted by Crippen LogP contribution is 2.52. The van der Waals surface area contributed by atoms with Gasteiger partial charge in [-0.05, 0) is 59.4 Å². The molecule has 0 radical (unpaired) electrons. The molecule has 0 saturated heterocycles. The Kier molecular flexibility index (Phi) is 5.78. The summed E-state index contributed by atoms with van der Waals surface area (Å²) in [6, 6.07) is 20.9. The molecule has 0 fully saturated rings. The van der Waals surface area contributed by atoms with Crippen molar-refractivity contribution in [2.45, 2.75) is 44.6 Å². The van der Waals surface area contributed by atoms with Crippen molar-refractivity contribution in [3.05, 3.63) is 91.9 Å². The summed E-state index contributed by atoms with van der Waals surface area (Å²) >= 11 is 7.18. The predicted molar refractivity (Wildman–Crippen MR) is 124 cm³/mol. The van der Waals surface area contributed by atoms with Crippen LogP contribution in [0, 0.1) is 0 Å². The van der Waals surface area contributed by atoms with E-state index in [-0.39, 0.29) is 0 Å². The summed E-state index contributed by atoms with van der Waals surface area (Å²) in [7, 11) is 0. The average Bonchev–Trinajstić information content (AvgIpc) is 2.94. The zero-order valence-corrected chi connectivity index (χ0v) is 19.2. The van der Waals surface area contributed by atoms with Crippen LogP contribution >= 0.6 is 31.9 Å². The molecule has 4 rings (SSSR count). The highest BCUT2D eigenvalue weighted by atomic mass is 79.9. The number of hydrogen-bond acceptors (Lipinski definition) is 1. The van der Waals surface area contributed by atoms with Crippen LogP contribution in [-0.4, -0.2) is 5.11 Å². The molecule has 144 valence electrons. The summed E-state index contributed by atoms with van der Waals surface area (Å²) in [5.74, 6) is 0. The molecule has 0 spiro atoms. The first-order chi connectivity index (χ1) is 13.5. The normalized spacial score (nSPS) is 14.0. The van der Waals surface area contributed by atoms with E-state index in [1.165, 1.54) is 31.2 Å². The van der Waals surface area contributed by atoms with Crippen LogP contribution in [0.3, 0.4) is 0 Å². The first-order valence-electron chi connectivity index (χ1n) is 9.96. The van der Waals surface area contributed by atoms with Crippen molar-refractivity contribution in [1.29, 1.82) is 0 Å². The van der Waals surface area contributed by atoms with Gasteiger partial charge in [0.2, 0.25) is 0 Å². The highest BCUT2D eigenvalue weighted by molar-refractivity contribution is 9.10. The van der Waals surface area contributed by atoms with Crippen molar-refractivity contribution in [1.82, 2.24) is 0 Å². The van der Waals surface area contributed by atoms with Gasteiger partial charge >= 0.3 is 0 Å². The number of benzene rings is 3. The van der Waals surface area contributed by atoms with Crippen molar-refractivity contribution in [3.8, 4) is 11.1 Å². The fourth-order valence-corrected chi connectivity index (χ4v) is 4.99. The Morgan fingerprint density at radius 2 is 1.43 bits per heavy atom. The van der Waals surface area contributed by atoms with Gasteiger partial charge in [-0.3, -0.25) is 0 Å². The van der Waals surface area contributed by atoms with Gasteiger partial charge in [0.15, 0.2) is 0 Å². The molecule has 1 aliphatic carbocycles. The largest absolute Gasteiger partial charge is 0.376 e. The number of hydrogen-bond donors (Lipinski definition) is 1. The molecule has 28 heavy (non-hydrogen) atoms. The smallest absolute Gasteiger partial charge is 0.141 e. The second-order valence-electron chi connectivity index (χ2n) is 7.60. The summed E-state index contributed by atoms with van der Waals surface area (Å²) in [5.41, 5.74) is 5.18. The maximum Gasteiger partial charge on any atom is 0.141 e. The molecule has 1 N–H and O–H groups in total. The minimum atomic E-state index is -1.14. The van der Waals surface area contributed by atoms with Crippen molar-refractivity contribution >= 4 is 31.9 Å². The van der Waals surface area contributed by atoms with E-state index in [0.717, 1.165) is 43.2 Å². The van der Waals surface area contributed by atoms with E-state index in [1.54, 1.807) is 0 Å². The predicted octanol–water partition coefficient (Wildman–Crippen LogP) is 7.60. The minimum Gasteiger partial charge on any atom is -0.376 e. The number of rotatable bonds is 6. The average molecular weight is 500 g/mol. The summed E-state index contributed by atoms with van der Waals surface area (Å²) in [5, 5.41) is 12.1. The molecule has 0 atom stereocenters. The lowest BCUT2D eigenvalue weighted by Crippen LogP contribution is -2.26. The van der Waals surface area contributed by atoms with Crippen LogP contribution in [0.1, 0.15) is 54.9 Å². The molecule has 0 heterocycles. The molecule has 0 amide bonds. The minimum absolute atomic E-state index is 0.941. The van der Waals surface area contributed by atoms with Crippen molar-refractivity contribution in [2.24, 2.45) is 0 Å². The molecule has 0 bridgehead atoms. The maximum atomic E-state index is 12.1. The molecule has 0 aromatic heterocycles. The Bertz CT molecular complexity index is 958. The van der Waals surface area contributed by atoms with Crippen LogP contribution in [0.25, 0.3) is 11.1 Å². The van der Waals surface area contributed by atoms with E-state index in [0.29, 0.717) is 0 Å². The van der Waals surface area contributed by atoms with Gasteiger partial charge in [-0.1, -0.05) is 94.4 Å². The fraction of sp³-hybridized carbons (Fsp3) is 0.280.